The number of aromatic amines is 1. The Bertz CT molecular complexity index is 649. The van der Waals surface area contributed by atoms with Crippen LogP contribution in [0.15, 0.2) is 24.4 Å². The fourth-order valence-electron chi connectivity index (χ4n) is 2.34. The summed E-state index contributed by atoms with van der Waals surface area (Å²) in [4.78, 5) is 18.3. The third kappa shape index (κ3) is 3.11. The van der Waals surface area contributed by atoms with E-state index in [2.05, 4.69) is 23.8 Å². The van der Waals surface area contributed by atoms with Gasteiger partial charge in [0.05, 0.1) is 16.8 Å². The normalized spacial score (nSPS) is 12.6. The van der Waals surface area contributed by atoms with Gasteiger partial charge in [-0.2, -0.15) is 0 Å². The number of benzene rings is 1. The summed E-state index contributed by atoms with van der Waals surface area (Å²) in [5.41, 5.74) is 8.07. The molecule has 1 aromatic carbocycles. The van der Waals surface area contributed by atoms with Crippen LogP contribution in [0.3, 0.4) is 0 Å². The smallest absolute Gasteiger partial charge is 0.272 e. The van der Waals surface area contributed by atoms with Gasteiger partial charge in [0, 0.05) is 29.7 Å². The van der Waals surface area contributed by atoms with Crippen molar-refractivity contribution in [2.24, 2.45) is 11.7 Å². The zero-order chi connectivity index (χ0) is 15.6. The maximum atomic E-state index is 11.0. The van der Waals surface area contributed by atoms with Gasteiger partial charge in [0.15, 0.2) is 0 Å². The SMILES string of the molecule is Cc1ccc(-c2cnc(C(CN)C(C)C)[nH]2)cc1[N+](=O)[O-]. The van der Waals surface area contributed by atoms with Crippen molar-refractivity contribution >= 4 is 5.69 Å². The number of hydrogen-bond acceptors (Lipinski definition) is 4. The molecule has 1 unspecified atom stereocenters. The second-order valence-electron chi connectivity index (χ2n) is 5.53. The summed E-state index contributed by atoms with van der Waals surface area (Å²) < 4.78 is 0. The van der Waals surface area contributed by atoms with Crippen LogP contribution in [0.1, 0.15) is 31.2 Å². The quantitative estimate of drug-likeness (QED) is 0.652. The molecule has 0 saturated heterocycles. The van der Waals surface area contributed by atoms with Crippen molar-refractivity contribution < 1.29 is 4.92 Å². The highest BCUT2D eigenvalue weighted by Gasteiger charge is 2.18. The number of aryl methyl sites for hydroxylation is 1. The molecule has 6 nitrogen and oxygen atoms in total. The van der Waals surface area contributed by atoms with Crippen LogP contribution in [-0.2, 0) is 0 Å². The lowest BCUT2D eigenvalue weighted by atomic mass is 9.95. The van der Waals surface area contributed by atoms with E-state index in [1.165, 1.54) is 0 Å². The lowest BCUT2D eigenvalue weighted by molar-refractivity contribution is -0.385. The van der Waals surface area contributed by atoms with Gasteiger partial charge >= 0.3 is 0 Å². The minimum atomic E-state index is -0.368. The van der Waals surface area contributed by atoms with Crippen LogP contribution in [0.2, 0.25) is 0 Å². The molecule has 0 spiro atoms. The third-order valence-electron chi connectivity index (χ3n) is 3.72. The standard InChI is InChI=1S/C15H20N4O2/c1-9(2)12(7-16)15-17-8-13(18-15)11-5-4-10(3)14(6-11)19(20)21/h4-6,8-9,12H,7,16H2,1-3H3,(H,17,18). The first-order chi connectivity index (χ1) is 9.93. The largest absolute Gasteiger partial charge is 0.342 e. The summed E-state index contributed by atoms with van der Waals surface area (Å²) in [5, 5.41) is 11.0. The van der Waals surface area contributed by atoms with E-state index >= 15 is 0 Å². The Hall–Kier alpha value is -2.21. The number of nitro benzene ring substituents is 1. The maximum Gasteiger partial charge on any atom is 0.272 e. The van der Waals surface area contributed by atoms with Crippen LogP contribution in [0.5, 0.6) is 0 Å². The number of rotatable bonds is 5. The van der Waals surface area contributed by atoms with Crippen LogP contribution in [0, 0.1) is 23.0 Å². The summed E-state index contributed by atoms with van der Waals surface area (Å²) in [6.07, 6.45) is 1.70. The van der Waals surface area contributed by atoms with Gasteiger partial charge in [-0.05, 0) is 12.8 Å². The average Bonchev–Trinajstić information content (AvgIpc) is 2.88. The fourth-order valence-corrected chi connectivity index (χ4v) is 2.34. The van der Waals surface area contributed by atoms with Crippen LogP contribution in [0.25, 0.3) is 11.3 Å². The van der Waals surface area contributed by atoms with Gasteiger partial charge in [0.2, 0.25) is 0 Å². The van der Waals surface area contributed by atoms with Crippen molar-refractivity contribution in [2.75, 3.05) is 6.54 Å². The molecule has 0 bridgehead atoms. The molecule has 2 aromatic rings. The highest BCUT2D eigenvalue weighted by atomic mass is 16.6. The second kappa shape index (κ2) is 6.05. The number of nitro groups is 1. The highest BCUT2D eigenvalue weighted by molar-refractivity contribution is 5.63. The van der Waals surface area contributed by atoms with Crippen LogP contribution >= 0.6 is 0 Å². The van der Waals surface area contributed by atoms with Gasteiger partial charge in [0.1, 0.15) is 5.82 Å². The van der Waals surface area contributed by atoms with Crippen molar-refractivity contribution in [3.63, 3.8) is 0 Å². The van der Waals surface area contributed by atoms with Crippen molar-refractivity contribution in [2.45, 2.75) is 26.7 Å². The molecule has 0 fully saturated rings. The molecule has 0 saturated carbocycles. The van der Waals surface area contributed by atoms with Gasteiger partial charge in [-0.15, -0.1) is 0 Å². The summed E-state index contributed by atoms with van der Waals surface area (Å²) >= 11 is 0. The van der Waals surface area contributed by atoms with E-state index in [1.54, 1.807) is 25.3 Å². The lowest BCUT2D eigenvalue weighted by Crippen LogP contribution is -2.19. The molecule has 2 rings (SSSR count). The first-order valence-corrected chi connectivity index (χ1v) is 6.94. The average molecular weight is 288 g/mol. The van der Waals surface area contributed by atoms with Gasteiger partial charge in [-0.3, -0.25) is 10.1 Å². The predicted molar refractivity (Wildman–Crippen MR) is 82.0 cm³/mol. The number of H-pyrrole nitrogens is 1. The van der Waals surface area contributed by atoms with Gasteiger partial charge in [-0.1, -0.05) is 26.0 Å². The molecule has 0 aliphatic rings. The molecule has 0 radical (unpaired) electrons. The Morgan fingerprint density at radius 3 is 2.71 bits per heavy atom. The first-order valence-electron chi connectivity index (χ1n) is 6.94. The van der Waals surface area contributed by atoms with Crippen LogP contribution < -0.4 is 5.73 Å². The molecule has 3 N–H and O–H groups in total. The highest BCUT2D eigenvalue weighted by Crippen LogP contribution is 2.28. The molecular formula is C15H20N4O2. The van der Waals surface area contributed by atoms with E-state index in [0.29, 0.717) is 18.0 Å². The van der Waals surface area contributed by atoms with Crippen molar-refractivity contribution in [3.8, 4) is 11.3 Å². The molecule has 0 amide bonds. The number of nitrogens with zero attached hydrogens (tertiary/aromatic N) is 2. The topological polar surface area (TPSA) is 97.8 Å². The van der Waals surface area contributed by atoms with E-state index in [4.69, 9.17) is 5.73 Å². The number of nitrogens with two attached hydrogens (primary N) is 1. The predicted octanol–water partition coefficient (Wildman–Crippen LogP) is 2.99. The van der Waals surface area contributed by atoms with Crippen molar-refractivity contribution in [1.82, 2.24) is 9.97 Å². The summed E-state index contributed by atoms with van der Waals surface area (Å²) in [6, 6.07) is 5.17. The first kappa shape index (κ1) is 15.2. The van der Waals surface area contributed by atoms with E-state index in [-0.39, 0.29) is 16.5 Å². The zero-order valence-electron chi connectivity index (χ0n) is 12.5. The van der Waals surface area contributed by atoms with E-state index in [9.17, 15) is 10.1 Å². The Morgan fingerprint density at radius 2 is 2.14 bits per heavy atom. The number of aromatic nitrogens is 2. The Morgan fingerprint density at radius 1 is 1.43 bits per heavy atom. The molecular weight excluding hydrogens is 268 g/mol. The van der Waals surface area contributed by atoms with E-state index < -0.39 is 0 Å². The van der Waals surface area contributed by atoms with E-state index in [0.717, 1.165) is 17.1 Å². The zero-order valence-corrected chi connectivity index (χ0v) is 12.5. The Labute approximate surface area is 123 Å². The number of nitrogens with one attached hydrogen (secondary N) is 1. The number of imidazole rings is 1. The van der Waals surface area contributed by atoms with E-state index in [1.807, 2.05) is 6.07 Å². The molecule has 1 aromatic heterocycles. The molecule has 1 atom stereocenters. The minimum absolute atomic E-state index is 0.114. The van der Waals surface area contributed by atoms with Crippen molar-refractivity contribution in [3.05, 3.63) is 45.9 Å². The molecule has 0 aliphatic carbocycles. The van der Waals surface area contributed by atoms with Crippen LogP contribution in [0.4, 0.5) is 5.69 Å². The van der Waals surface area contributed by atoms with Crippen LogP contribution in [-0.4, -0.2) is 21.4 Å². The van der Waals surface area contributed by atoms with Gasteiger partial charge in [-0.25, -0.2) is 4.98 Å². The minimum Gasteiger partial charge on any atom is -0.342 e. The third-order valence-corrected chi connectivity index (χ3v) is 3.72. The van der Waals surface area contributed by atoms with Gasteiger partial charge in [0.25, 0.3) is 5.69 Å². The maximum absolute atomic E-state index is 11.0. The Balaban J connectivity index is 2.38. The lowest BCUT2D eigenvalue weighted by Gasteiger charge is -2.15. The fraction of sp³-hybridized carbons (Fsp3) is 0.400. The molecule has 1 heterocycles. The number of hydrogen-bond donors (Lipinski definition) is 2. The molecule has 21 heavy (non-hydrogen) atoms. The summed E-state index contributed by atoms with van der Waals surface area (Å²) in [6.45, 7) is 6.43. The molecule has 112 valence electrons. The molecule has 6 heteroatoms. The summed E-state index contributed by atoms with van der Waals surface area (Å²) in [5.74, 6) is 1.35. The summed E-state index contributed by atoms with van der Waals surface area (Å²) in [7, 11) is 0. The second-order valence-corrected chi connectivity index (χ2v) is 5.53. The molecule has 0 aliphatic heterocycles. The van der Waals surface area contributed by atoms with Gasteiger partial charge < -0.3 is 10.7 Å². The van der Waals surface area contributed by atoms with Crippen molar-refractivity contribution in [1.29, 1.82) is 0 Å². The Kier molecular flexibility index (Phi) is 4.37. The monoisotopic (exact) mass is 288 g/mol.